The van der Waals surface area contributed by atoms with E-state index in [1.54, 1.807) is 24.5 Å². The van der Waals surface area contributed by atoms with Crippen LogP contribution in [0.15, 0.2) is 53.6 Å². The van der Waals surface area contributed by atoms with Crippen LogP contribution in [0, 0.1) is 5.82 Å². The predicted molar refractivity (Wildman–Crippen MR) is 110 cm³/mol. The van der Waals surface area contributed by atoms with E-state index in [0.29, 0.717) is 23.8 Å². The Labute approximate surface area is 172 Å². The molecule has 0 bridgehead atoms. The van der Waals surface area contributed by atoms with Crippen molar-refractivity contribution >= 4 is 17.5 Å². The van der Waals surface area contributed by atoms with E-state index in [1.807, 2.05) is 6.07 Å². The number of halogens is 2. The fourth-order valence-corrected chi connectivity index (χ4v) is 3.45. The highest BCUT2D eigenvalue weighted by Crippen LogP contribution is 2.19. The molecular weight excluding hydrogens is 395 g/mol. The van der Waals surface area contributed by atoms with Crippen LogP contribution in [0.5, 0.6) is 0 Å². The van der Waals surface area contributed by atoms with Gasteiger partial charge in [-0.3, -0.25) is 4.79 Å². The molecule has 3 heterocycles. The van der Waals surface area contributed by atoms with Gasteiger partial charge in [0, 0.05) is 43.3 Å². The van der Waals surface area contributed by atoms with Crippen LogP contribution in [0.1, 0.15) is 18.4 Å². The molecule has 3 aromatic rings. The Hall–Kier alpha value is -2.77. The van der Waals surface area contributed by atoms with Crippen molar-refractivity contribution in [2.45, 2.75) is 25.4 Å². The topological polar surface area (TPSA) is 69.0 Å². The average Bonchev–Trinajstić information content (AvgIpc) is 2.73. The molecule has 1 fully saturated rings. The molecule has 8 heteroatoms. The second kappa shape index (κ2) is 8.71. The Kier molecular flexibility index (Phi) is 5.87. The number of rotatable bonds is 5. The molecule has 0 unspecified atom stereocenters. The third kappa shape index (κ3) is 4.81. The van der Waals surface area contributed by atoms with E-state index in [2.05, 4.69) is 15.3 Å². The first kappa shape index (κ1) is 19.5. The minimum absolute atomic E-state index is 0.0395. The Morgan fingerprint density at radius 3 is 2.79 bits per heavy atom. The average molecular weight is 415 g/mol. The Balaban J connectivity index is 1.52. The second-order valence-corrected chi connectivity index (χ2v) is 7.33. The molecule has 1 aliphatic rings. The number of anilines is 1. The van der Waals surface area contributed by atoms with E-state index in [0.717, 1.165) is 31.6 Å². The van der Waals surface area contributed by atoms with Crippen molar-refractivity contribution in [2.75, 3.05) is 18.5 Å². The molecule has 6 nitrogen and oxygen atoms in total. The molecule has 29 heavy (non-hydrogen) atoms. The zero-order valence-corrected chi connectivity index (χ0v) is 16.4. The highest BCUT2D eigenvalue weighted by molar-refractivity contribution is 6.30. The zero-order valence-electron chi connectivity index (χ0n) is 15.6. The first-order valence-corrected chi connectivity index (χ1v) is 9.78. The van der Waals surface area contributed by atoms with Crippen molar-refractivity contribution in [3.63, 3.8) is 0 Å². The van der Waals surface area contributed by atoms with Crippen LogP contribution in [0.2, 0.25) is 5.02 Å². The molecule has 0 radical (unpaired) electrons. The summed E-state index contributed by atoms with van der Waals surface area (Å²) in [5.74, 6) is 0.0616. The molecule has 4 rings (SSSR count). The van der Waals surface area contributed by atoms with Gasteiger partial charge in [0.2, 0.25) is 5.95 Å². The number of aromatic nitrogens is 3. The summed E-state index contributed by atoms with van der Waals surface area (Å²) in [6.07, 6.45) is 5.20. The lowest BCUT2D eigenvalue weighted by atomic mass is 10.1. The van der Waals surface area contributed by atoms with Crippen LogP contribution >= 0.6 is 11.6 Å². The lowest BCUT2D eigenvalue weighted by molar-refractivity contribution is 0.0903. The van der Waals surface area contributed by atoms with Gasteiger partial charge < -0.3 is 14.6 Å². The third-order valence-electron chi connectivity index (χ3n) is 4.84. The van der Waals surface area contributed by atoms with Gasteiger partial charge >= 0.3 is 0 Å². The summed E-state index contributed by atoms with van der Waals surface area (Å²) in [5.41, 5.74) is 1.95. The molecule has 0 aliphatic carbocycles. The normalized spacial score (nSPS) is 14.7. The molecular formula is C21H20ClFN4O2. The molecule has 0 atom stereocenters. The minimum atomic E-state index is -0.480. The number of nitrogens with zero attached hydrogens (tertiary/aromatic N) is 3. The van der Waals surface area contributed by atoms with E-state index >= 15 is 0 Å². The number of pyridine rings is 1. The Bertz CT molecular complexity index is 1070. The monoisotopic (exact) mass is 414 g/mol. The summed E-state index contributed by atoms with van der Waals surface area (Å²) in [6, 6.07) is 9.85. The van der Waals surface area contributed by atoms with Gasteiger partial charge in [-0.25, -0.2) is 14.4 Å². The van der Waals surface area contributed by atoms with Crippen LogP contribution in [0.4, 0.5) is 10.3 Å². The number of ether oxygens (including phenoxy) is 1. The molecule has 0 spiro atoms. The standard InChI is InChI=1S/C21H20ClFN4O2/c22-17-11-14(1-2-18(17)23)13-27-8-4-15(12-20(27)28)19-3-7-24-21(26-19)25-16-5-9-29-10-6-16/h1-4,7-8,11-12,16H,5-6,9-10,13H2,(H,24,25,26). The maximum Gasteiger partial charge on any atom is 0.251 e. The van der Waals surface area contributed by atoms with Crippen molar-refractivity contribution in [3.05, 3.63) is 75.5 Å². The summed E-state index contributed by atoms with van der Waals surface area (Å²) in [7, 11) is 0. The van der Waals surface area contributed by atoms with Crippen molar-refractivity contribution in [1.82, 2.24) is 14.5 Å². The lowest BCUT2D eigenvalue weighted by Gasteiger charge is -2.23. The largest absolute Gasteiger partial charge is 0.381 e. The first-order chi connectivity index (χ1) is 14.1. The first-order valence-electron chi connectivity index (χ1n) is 9.40. The SMILES string of the molecule is O=c1cc(-c2ccnc(NC3CCOCC3)n2)ccn1Cc1ccc(F)c(Cl)c1. The molecule has 1 N–H and O–H groups in total. The van der Waals surface area contributed by atoms with Crippen LogP contribution < -0.4 is 10.9 Å². The summed E-state index contributed by atoms with van der Waals surface area (Å²) >= 11 is 5.82. The number of benzene rings is 1. The van der Waals surface area contributed by atoms with Gasteiger partial charge in [0.05, 0.1) is 17.3 Å². The van der Waals surface area contributed by atoms with E-state index in [-0.39, 0.29) is 16.6 Å². The van der Waals surface area contributed by atoms with Crippen molar-refractivity contribution in [3.8, 4) is 11.3 Å². The summed E-state index contributed by atoms with van der Waals surface area (Å²) in [5, 5.41) is 3.37. The zero-order chi connectivity index (χ0) is 20.2. The summed E-state index contributed by atoms with van der Waals surface area (Å²) in [6.45, 7) is 1.77. The lowest BCUT2D eigenvalue weighted by Crippen LogP contribution is -2.28. The van der Waals surface area contributed by atoms with Gasteiger partial charge in [0.15, 0.2) is 0 Å². The molecule has 1 aromatic carbocycles. The fraction of sp³-hybridized carbons (Fsp3) is 0.286. The van der Waals surface area contributed by atoms with E-state index in [1.165, 1.54) is 22.8 Å². The van der Waals surface area contributed by atoms with Gasteiger partial charge in [-0.1, -0.05) is 17.7 Å². The minimum Gasteiger partial charge on any atom is -0.381 e. The van der Waals surface area contributed by atoms with Crippen molar-refractivity contribution in [2.24, 2.45) is 0 Å². The summed E-state index contributed by atoms with van der Waals surface area (Å²) < 4.78 is 20.2. The number of hydrogen-bond donors (Lipinski definition) is 1. The maximum absolute atomic E-state index is 13.3. The highest BCUT2D eigenvalue weighted by Gasteiger charge is 2.15. The summed E-state index contributed by atoms with van der Waals surface area (Å²) in [4.78, 5) is 21.4. The second-order valence-electron chi connectivity index (χ2n) is 6.93. The predicted octanol–water partition coefficient (Wildman–Crippen LogP) is 3.74. The van der Waals surface area contributed by atoms with Gasteiger partial charge in [-0.05, 0) is 42.7 Å². The van der Waals surface area contributed by atoms with E-state index < -0.39 is 5.82 Å². The molecule has 2 aromatic heterocycles. The van der Waals surface area contributed by atoms with E-state index in [4.69, 9.17) is 16.3 Å². The number of hydrogen-bond acceptors (Lipinski definition) is 5. The van der Waals surface area contributed by atoms with Crippen LogP contribution in [0.25, 0.3) is 11.3 Å². The van der Waals surface area contributed by atoms with Crippen molar-refractivity contribution < 1.29 is 9.13 Å². The van der Waals surface area contributed by atoms with Crippen LogP contribution in [-0.2, 0) is 11.3 Å². The van der Waals surface area contributed by atoms with Gasteiger partial charge in [-0.2, -0.15) is 0 Å². The van der Waals surface area contributed by atoms with Gasteiger partial charge in [0.25, 0.3) is 5.56 Å². The fourth-order valence-electron chi connectivity index (χ4n) is 3.25. The Morgan fingerprint density at radius 2 is 2.03 bits per heavy atom. The van der Waals surface area contributed by atoms with Gasteiger partial charge in [0.1, 0.15) is 5.82 Å². The molecule has 0 amide bonds. The van der Waals surface area contributed by atoms with Crippen molar-refractivity contribution in [1.29, 1.82) is 0 Å². The Morgan fingerprint density at radius 1 is 1.21 bits per heavy atom. The van der Waals surface area contributed by atoms with Gasteiger partial charge in [-0.15, -0.1) is 0 Å². The molecule has 1 saturated heterocycles. The highest BCUT2D eigenvalue weighted by atomic mass is 35.5. The molecule has 1 aliphatic heterocycles. The number of nitrogens with one attached hydrogen (secondary N) is 1. The third-order valence-corrected chi connectivity index (χ3v) is 5.13. The van der Waals surface area contributed by atoms with Crippen LogP contribution in [-0.4, -0.2) is 33.8 Å². The molecule has 0 saturated carbocycles. The quantitative estimate of drug-likeness (QED) is 0.688. The molecule has 150 valence electrons. The maximum atomic E-state index is 13.3. The van der Waals surface area contributed by atoms with Crippen LogP contribution in [0.3, 0.4) is 0 Å². The smallest absolute Gasteiger partial charge is 0.251 e. The van der Waals surface area contributed by atoms with E-state index in [9.17, 15) is 9.18 Å².